The van der Waals surface area contributed by atoms with E-state index >= 15 is 0 Å². The first-order valence-corrected chi connectivity index (χ1v) is 12.0. The molecule has 0 fully saturated rings. The van der Waals surface area contributed by atoms with Crippen LogP contribution in [0.15, 0.2) is 47.6 Å². The molecule has 4 rings (SSSR count). The molecule has 3 aromatic rings. The molecule has 1 unspecified atom stereocenters. The van der Waals surface area contributed by atoms with Gasteiger partial charge in [-0.05, 0) is 56.2 Å². The molecule has 1 aliphatic rings. The Bertz CT molecular complexity index is 1150. The van der Waals surface area contributed by atoms with Crippen molar-refractivity contribution in [2.75, 3.05) is 17.3 Å². The minimum Gasteiger partial charge on any atom is -0.494 e. The van der Waals surface area contributed by atoms with E-state index in [1.165, 1.54) is 6.92 Å². The van der Waals surface area contributed by atoms with Gasteiger partial charge >= 0.3 is 0 Å². The molecule has 1 aliphatic heterocycles. The molecule has 0 aliphatic carbocycles. The summed E-state index contributed by atoms with van der Waals surface area (Å²) >= 11 is 1.54. The van der Waals surface area contributed by atoms with Crippen molar-refractivity contribution in [2.45, 2.75) is 46.0 Å². The van der Waals surface area contributed by atoms with Crippen LogP contribution in [0.5, 0.6) is 11.6 Å². The lowest BCUT2D eigenvalue weighted by Gasteiger charge is -2.30. The fraction of sp³-hybridized carbons (Fsp3) is 0.360. The summed E-state index contributed by atoms with van der Waals surface area (Å²) in [6.07, 6.45) is -0.708. The Kier molecular flexibility index (Phi) is 6.83. The molecule has 7 nitrogen and oxygen atoms in total. The van der Waals surface area contributed by atoms with Crippen LogP contribution >= 0.6 is 11.8 Å². The van der Waals surface area contributed by atoms with Crippen LogP contribution in [0.4, 0.5) is 5.69 Å². The fourth-order valence-electron chi connectivity index (χ4n) is 3.63. The number of carbonyl (C=O) groups excluding carboxylic acids is 1. The number of carbonyl (C=O) groups is 1. The number of hydrogen-bond acceptors (Lipinski definition) is 7. The van der Waals surface area contributed by atoms with Gasteiger partial charge in [0.1, 0.15) is 5.75 Å². The number of anilines is 1. The van der Waals surface area contributed by atoms with Gasteiger partial charge in [0.25, 0.3) is 0 Å². The minimum absolute atomic E-state index is 0.144. The first-order valence-electron chi connectivity index (χ1n) is 11.0. The number of aryl methyl sites for hydroxylation is 1. The van der Waals surface area contributed by atoms with Gasteiger partial charge in [-0.2, -0.15) is 4.98 Å². The molecule has 0 N–H and O–H groups in total. The zero-order valence-electron chi connectivity index (χ0n) is 19.5. The molecule has 8 heteroatoms. The van der Waals surface area contributed by atoms with Crippen LogP contribution in [0, 0.1) is 12.8 Å². The van der Waals surface area contributed by atoms with Crippen molar-refractivity contribution in [1.82, 2.24) is 15.2 Å². The molecule has 1 atom stereocenters. The first-order chi connectivity index (χ1) is 15.9. The van der Waals surface area contributed by atoms with E-state index < -0.39 is 6.23 Å². The number of hydrogen-bond donors (Lipinski definition) is 0. The average molecular weight is 465 g/mol. The van der Waals surface area contributed by atoms with E-state index in [1.807, 2.05) is 56.3 Å². The van der Waals surface area contributed by atoms with Crippen LogP contribution in [0.3, 0.4) is 0 Å². The van der Waals surface area contributed by atoms with Gasteiger partial charge in [-0.25, -0.2) is 0 Å². The molecule has 2 heterocycles. The lowest BCUT2D eigenvalue weighted by molar-refractivity contribution is -0.118. The van der Waals surface area contributed by atoms with Crippen molar-refractivity contribution in [1.29, 1.82) is 0 Å². The molecule has 0 radical (unpaired) electrons. The molecule has 33 heavy (non-hydrogen) atoms. The summed E-state index contributed by atoms with van der Waals surface area (Å²) in [4.78, 5) is 19.3. The van der Waals surface area contributed by atoms with E-state index in [2.05, 4.69) is 24.0 Å². The molecular weight excluding hydrogens is 436 g/mol. The monoisotopic (exact) mass is 464 g/mol. The lowest BCUT2D eigenvalue weighted by Crippen LogP contribution is -2.36. The zero-order valence-corrected chi connectivity index (χ0v) is 20.3. The molecule has 0 bridgehead atoms. The summed E-state index contributed by atoms with van der Waals surface area (Å²) in [6, 6.07) is 13.5. The first kappa shape index (κ1) is 23.0. The highest BCUT2D eigenvalue weighted by Crippen LogP contribution is 2.44. The van der Waals surface area contributed by atoms with Crippen LogP contribution in [-0.2, 0) is 4.79 Å². The standard InChI is InChI=1S/C25H28N4O3S/c1-6-31-19-10-8-18(9-11-19)24-29(17(5)30)21-12-7-16(4)13-20(21)22-23(32-24)26-25(28-27-22)33-14-15(2)3/h7-13,15,24H,6,14H2,1-5H3. The van der Waals surface area contributed by atoms with Gasteiger partial charge in [0.2, 0.25) is 23.2 Å². The predicted molar refractivity (Wildman–Crippen MR) is 130 cm³/mol. The maximum Gasteiger partial charge on any atom is 0.247 e. The zero-order chi connectivity index (χ0) is 23.5. The number of nitrogens with zero attached hydrogens (tertiary/aromatic N) is 4. The van der Waals surface area contributed by atoms with Gasteiger partial charge in [0.15, 0.2) is 5.69 Å². The fourth-order valence-corrected chi connectivity index (χ4v) is 4.36. The summed E-state index contributed by atoms with van der Waals surface area (Å²) in [5, 5.41) is 9.37. The molecule has 0 saturated carbocycles. The van der Waals surface area contributed by atoms with E-state index in [0.29, 0.717) is 34.9 Å². The largest absolute Gasteiger partial charge is 0.494 e. The van der Waals surface area contributed by atoms with Gasteiger partial charge in [-0.3, -0.25) is 9.69 Å². The average Bonchev–Trinajstić information content (AvgIpc) is 2.92. The van der Waals surface area contributed by atoms with E-state index in [1.54, 1.807) is 16.7 Å². The third kappa shape index (κ3) is 4.95. The highest BCUT2D eigenvalue weighted by atomic mass is 32.2. The number of aromatic nitrogens is 3. The van der Waals surface area contributed by atoms with Gasteiger partial charge in [0, 0.05) is 23.8 Å². The Morgan fingerprint density at radius 3 is 2.61 bits per heavy atom. The Morgan fingerprint density at radius 2 is 1.94 bits per heavy atom. The Hall–Kier alpha value is -3.13. The van der Waals surface area contributed by atoms with E-state index in [-0.39, 0.29) is 5.91 Å². The Morgan fingerprint density at radius 1 is 1.18 bits per heavy atom. The van der Waals surface area contributed by atoms with Crippen molar-refractivity contribution in [2.24, 2.45) is 5.92 Å². The highest BCUT2D eigenvalue weighted by molar-refractivity contribution is 7.99. The Balaban J connectivity index is 1.85. The van der Waals surface area contributed by atoms with Crippen molar-refractivity contribution >= 4 is 23.4 Å². The van der Waals surface area contributed by atoms with E-state index in [4.69, 9.17) is 14.5 Å². The smallest absolute Gasteiger partial charge is 0.247 e. The summed E-state index contributed by atoms with van der Waals surface area (Å²) in [6.45, 7) is 10.4. The summed E-state index contributed by atoms with van der Waals surface area (Å²) in [5.41, 5.74) is 3.87. The second-order valence-electron chi connectivity index (χ2n) is 8.33. The normalized spacial score (nSPS) is 14.8. The van der Waals surface area contributed by atoms with E-state index in [0.717, 1.165) is 28.2 Å². The minimum atomic E-state index is -0.708. The second-order valence-corrected chi connectivity index (χ2v) is 9.32. The van der Waals surface area contributed by atoms with Gasteiger partial charge in [-0.1, -0.05) is 37.2 Å². The topological polar surface area (TPSA) is 77.4 Å². The molecule has 0 spiro atoms. The maximum atomic E-state index is 12.9. The second kappa shape index (κ2) is 9.79. The molecule has 172 valence electrons. The van der Waals surface area contributed by atoms with Crippen LogP contribution in [0.1, 0.15) is 45.0 Å². The number of fused-ring (bicyclic) bond motifs is 3. The maximum absolute atomic E-state index is 12.9. The number of rotatable bonds is 6. The Labute approximate surface area is 198 Å². The molecule has 1 amide bonds. The number of benzene rings is 2. The molecular formula is C25H28N4O3S. The van der Waals surface area contributed by atoms with Crippen molar-refractivity contribution in [3.8, 4) is 22.9 Å². The summed E-state index contributed by atoms with van der Waals surface area (Å²) < 4.78 is 12.0. The van der Waals surface area contributed by atoms with Gasteiger partial charge < -0.3 is 9.47 Å². The highest BCUT2D eigenvalue weighted by Gasteiger charge is 2.34. The van der Waals surface area contributed by atoms with Crippen molar-refractivity contribution in [3.63, 3.8) is 0 Å². The molecule has 2 aromatic carbocycles. The van der Waals surface area contributed by atoms with Crippen molar-refractivity contribution in [3.05, 3.63) is 53.6 Å². The summed E-state index contributed by atoms with van der Waals surface area (Å²) in [7, 11) is 0. The van der Waals surface area contributed by atoms with E-state index in [9.17, 15) is 4.79 Å². The van der Waals surface area contributed by atoms with Crippen LogP contribution in [-0.4, -0.2) is 33.4 Å². The third-order valence-electron chi connectivity index (χ3n) is 5.12. The van der Waals surface area contributed by atoms with Crippen LogP contribution < -0.4 is 14.4 Å². The number of thioether (sulfide) groups is 1. The van der Waals surface area contributed by atoms with Crippen molar-refractivity contribution < 1.29 is 14.3 Å². The third-order valence-corrected chi connectivity index (χ3v) is 6.39. The summed E-state index contributed by atoms with van der Waals surface area (Å²) in [5.74, 6) is 2.35. The quantitative estimate of drug-likeness (QED) is 0.450. The molecule has 1 aromatic heterocycles. The predicted octanol–water partition coefficient (Wildman–Crippen LogP) is 5.44. The van der Waals surface area contributed by atoms with Crippen LogP contribution in [0.2, 0.25) is 0 Å². The molecule has 0 saturated heterocycles. The van der Waals surface area contributed by atoms with Crippen LogP contribution in [0.25, 0.3) is 11.3 Å². The lowest BCUT2D eigenvalue weighted by atomic mass is 10.0. The number of ether oxygens (including phenoxy) is 2. The number of amides is 1. The SMILES string of the molecule is CCOc1ccc(C2Oc3nc(SCC(C)C)nnc3-c3cc(C)ccc3N2C(C)=O)cc1. The van der Waals surface area contributed by atoms with Gasteiger partial charge in [-0.15, -0.1) is 10.2 Å². The van der Waals surface area contributed by atoms with Gasteiger partial charge in [0.05, 0.1) is 12.3 Å².